The van der Waals surface area contributed by atoms with Crippen LogP contribution in [0.1, 0.15) is 64.9 Å². The first-order valence-electron chi connectivity index (χ1n) is 24.4. The number of hydrogen-bond donors (Lipinski definition) is 2. The predicted molar refractivity (Wildman–Crippen MR) is 314 cm³/mol. The SMILES string of the molecule is C.C1CCCC1.CC(C)c1ccccc1.COCOc1ccc([S+](c2ccc(OCOC)cc2)c2ccc(Sc3ccc([S+](c4ccc(OCCO)cc4)c4ccc(OCCO)cc4)cc3)cc2)cc1.F[P-](F)(F)(F)(F)F.[CH3-].[CH3-].[Fe+3]. The van der Waals surface area contributed by atoms with E-state index in [4.69, 9.17) is 28.4 Å². The summed E-state index contributed by atoms with van der Waals surface area (Å²) in [5.41, 5.74) is 1.41. The van der Waals surface area contributed by atoms with Crippen LogP contribution in [0.3, 0.4) is 0 Å². The van der Waals surface area contributed by atoms with Gasteiger partial charge in [0.15, 0.2) is 43.0 Å². The Morgan fingerprint density at radius 2 is 0.688 bits per heavy atom. The molecule has 7 aromatic carbocycles. The number of rotatable bonds is 21. The van der Waals surface area contributed by atoms with Gasteiger partial charge in [-0.3, -0.25) is 0 Å². The maximum absolute atomic E-state index is 10.7. The molecule has 7 aromatic rings. The molecular weight excluding hydrogens is 1160 g/mol. The van der Waals surface area contributed by atoms with Crippen molar-refractivity contribution in [3.63, 3.8) is 0 Å². The fraction of sp³-hybridized carbons (Fsp3) is 0.279. The topological polar surface area (TPSA) is 95.8 Å². The number of halogens is 6. The second-order valence-corrected chi connectivity index (χ2v) is 24.2. The van der Waals surface area contributed by atoms with Gasteiger partial charge >= 0.3 is 50.1 Å². The van der Waals surface area contributed by atoms with Crippen LogP contribution < -0.4 is 18.9 Å². The molecule has 0 heterocycles. The molecule has 0 spiro atoms. The van der Waals surface area contributed by atoms with E-state index in [0.717, 1.165) is 42.6 Å². The Labute approximate surface area is 491 Å². The van der Waals surface area contributed by atoms with Crippen molar-refractivity contribution >= 4 is 41.4 Å². The van der Waals surface area contributed by atoms with Crippen molar-refractivity contribution in [3.05, 3.63) is 196 Å². The van der Waals surface area contributed by atoms with Crippen LogP contribution in [-0.4, -0.2) is 64.4 Å². The number of hydrogen-bond acceptors (Lipinski definition) is 9. The molecule has 1 aliphatic rings. The van der Waals surface area contributed by atoms with E-state index in [2.05, 4.69) is 135 Å². The molecule has 0 aromatic heterocycles. The minimum Gasteiger partial charge on any atom is -0.358 e. The first-order chi connectivity index (χ1) is 36.3. The van der Waals surface area contributed by atoms with E-state index in [9.17, 15) is 35.4 Å². The van der Waals surface area contributed by atoms with Crippen molar-refractivity contribution in [1.29, 1.82) is 0 Å². The molecular formula is C61H76F6FeO8PS3+2. The summed E-state index contributed by atoms with van der Waals surface area (Å²) < 4.78 is 91.9. The van der Waals surface area contributed by atoms with Crippen molar-refractivity contribution in [3.8, 4) is 23.0 Å². The van der Waals surface area contributed by atoms with Crippen molar-refractivity contribution in [2.45, 2.75) is 98.5 Å². The van der Waals surface area contributed by atoms with Crippen LogP contribution in [0.15, 0.2) is 215 Å². The summed E-state index contributed by atoms with van der Waals surface area (Å²) in [4.78, 5) is 9.26. The van der Waals surface area contributed by atoms with Gasteiger partial charge in [0.1, 0.15) is 36.2 Å². The van der Waals surface area contributed by atoms with E-state index in [1.165, 1.54) is 57.2 Å². The second kappa shape index (κ2) is 35.9. The molecule has 80 heavy (non-hydrogen) atoms. The van der Waals surface area contributed by atoms with Crippen LogP contribution in [0.25, 0.3) is 0 Å². The average Bonchev–Trinajstić information content (AvgIpc) is 4.02. The largest absolute Gasteiger partial charge is 3.00 e. The maximum Gasteiger partial charge on any atom is 3.00 e. The quantitative estimate of drug-likeness (QED) is 0.0182. The Bertz CT molecular complexity index is 2450. The summed E-state index contributed by atoms with van der Waals surface area (Å²) in [6.45, 7) is 5.24. The first kappa shape index (κ1) is 73.2. The molecule has 1 radical (unpaired) electrons. The van der Waals surface area contributed by atoms with Crippen LogP contribution >= 0.6 is 19.6 Å². The van der Waals surface area contributed by atoms with Crippen molar-refractivity contribution in [2.24, 2.45) is 0 Å². The second-order valence-electron chi connectivity index (χ2n) is 17.1. The molecule has 19 heteroatoms. The number of aliphatic hydroxyl groups is 2. The Balaban J connectivity index is 0.00000107. The number of aliphatic hydroxyl groups excluding tert-OH is 2. The number of ether oxygens (including phenoxy) is 6. The minimum atomic E-state index is -10.7. The van der Waals surface area contributed by atoms with Gasteiger partial charge in [-0.25, -0.2) is 0 Å². The van der Waals surface area contributed by atoms with Gasteiger partial charge in [-0.15, -0.1) is 0 Å². The molecule has 8 rings (SSSR count). The zero-order valence-electron chi connectivity index (χ0n) is 45.2. The zero-order chi connectivity index (χ0) is 54.9. The molecule has 0 amide bonds. The maximum atomic E-state index is 9.87. The summed E-state index contributed by atoms with van der Waals surface area (Å²) in [6, 6.07) is 60.5. The molecule has 0 saturated heterocycles. The fourth-order valence-corrected chi connectivity index (χ4v) is 12.1. The molecule has 8 nitrogen and oxygen atoms in total. The Kier molecular flexibility index (Phi) is 32.8. The standard InChI is InChI=1S/C44H44O8S3.C9H12.C5H10.CH4.2CH3.F6P.Fe/c1-47-31-51-35-7-19-41(20-8-35)55(42-21-9-36(10-22-42)52-32-48-2)44-25-13-38(14-26-44)53-37-11-23-43(24-12-37)54(39-15-3-33(4-16-39)49-29-27-45)40-17-5-34(6-18-40)50-30-28-46;1-8(2)9-6-4-3-5-7-9;1-2-4-5-3-1;;;;1-7(2,3,4,5)6;/h3-26,45-46H,27-32H2,1-2H3;3-8H,1-2H3;1-5H2;1H4;2*1H3;;/q+2;;;;3*-1;+3. The van der Waals surface area contributed by atoms with Crippen LogP contribution in [-0.2, 0) is 48.3 Å². The Morgan fingerprint density at radius 3 is 0.912 bits per heavy atom. The minimum absolute atomic E-state index is 0. The van der Waals surface area contributed by atoms with Gasteiger partial charge in [-0.1, -0.05) is 95.5 Å². The summed E-state index contributed by atoms with van der Waals surface area (Å²) >= 11 is 1.73. The monoisotopic (exact) mass is 1230 g/mol. The molecule has 2 N–H and O–H groups in total. The van der Waals surface area contributed by atoms with Crippen molar-refractivity contribution < 1.29 is 80.9 Å². The Hall–Kier alpha value is -4.84. The molecule has 1 aliphatic carbocycles. The van der Waals surface area contributed by atoms with Gasteiger partial charge in [0.25, 0.3) is 0 Å². The van der Waals surface area contributed by atoms with E-state index in [0.29, 0.717) is 5.92 Å². The summed E-state index contributed by atoms with van der Waals surface area (Å²) in [5.74, 6) is 3.60. The van der Waals surface area contributed by atoms with Crippen LogP contribution in [0.2, 0.25) is 0 Å². The molecule has 439 valence electrons. The molecule has 1 fully saturated rings. The fourth-order valence-electron chi connectivity index (χ4n) is 7.23. The normalized spacial score (nSPS) is 12.3. The van der Waals surface area contributed by atoms with Gasteiger partial charge < -0.3 is 53.5 Å². The van der Waals surface area contributed by atoms with E-state index < -0.39 is 18.7 Å². The first-order valence-corrected chi connectivity index (χ1v) is 29.7. The van der Waals surface area contributed by atoms with E-state index in [-0.39, 0.29) is 90.3 Å². The summed E-state index contributed by atoms with van der Waals surface area (Å²) in [6.07, 6.45) is 7.50. The third kappa shape index (κ3) is 28.2. The van der Waals surface area contributed by atoms with Gasteiger partial charge in [0.05, 0.1) is 35.0 Å². The third-order valence-electron chi connectivity index (χ3n) is 10.7. The van der Waals surface area contributed by atoms with Crippen LogP contribution in [0.4, 0.5) is 25.2 Å². The zero-order valence-corrected chi connectivity index (χ0v) is 49.7. The predicted octanol–water partition coefficient (Wildman–Crippen LogP) is 18.4. The number of methoxy groups -OCH3 is 2. The van der Waals surface area contributed by atoms with E-state index in [1.54, 1.807) is 26.0 Å². The van der Waals surface area contributed by atoms with Crippen molar-refractivity contribution in [2.75, 3.05) is 54.2 Å². The van der Waals surface area contributed by atoms with Gasteiger partial charge in [0, 0.05) is 24.0 Å². The molecule has 1 saturated carbocycles. The van der Waals surface area contributed by atoms with E-state index >= 15 is 0 Å². The molecule has 0 aliphatic heterocycles. The van der Waals surface area contributed by atoms with Gasteiger partial charge in [0.2, 0.25) is 0 Å². The Morgan fingerprint density at radius 1 is 0.438 bits per heavy atom. The average molecular weight is 1230 g/mol. The van der Waals surface area contributed by atoms with E-state index in [1.807, 2.05) is 54.6 Å². The van der Waals surface area contributed by atoms with Crippen molar-refractivity contribution in [1.82, 2.24) is 0 Å². The van der Waals surface area contributed by atoms with Crippen LogP contribution in [0.5, 0.6) is 23.0 Å². The smallest absolute Gasteiger partial charge is 0.358 e. The summed E-state index contributed by atoms with van der Waals surface area (Å²) in [7, 11) is -8.20. The number of benzene rings is 7. The third-order valence-corrected chi connectivity index (χ3v) is 16.2. The molecule has 0 atom stereocenters. The van der Waals surface area contributed by atoms with Crippen LogP contribution in [0, 0.1) is 14.9 Å². The van der Waals surface area contributed by atoms with Gasteiger partial charge in [-0.2, -0.15) is 0 Å². The molecule has 0 unspecified atom stereocenters. The summed E-state index contributed by atoms with van der Waals surface area (Å²) in [5, 5.41) is 18.3. The van der Waals surface area contributed by atoms with Gasteiger partial charge in [-0.05, 0) is 157 Å². The molecule has 0 bridgehead atoms.